The number of carbonyl (C=O) groups is 3. The van der Waals surface area contributed by atoms with Crippen molar-refractivity contribution in [1.82, 2.24) is 4.90 Å². The van der Waals surface area contributed by atoms with Gasteiger partial charge < -0.3 is 4.90 Å². The van der Waals surface area contributed by atoms with Gasteiger partial charge in [0.2, 0.25) is 21.8 Å². The van der Waals surface area contributed by atoms with Gasteiger partial charge in [0.05, 0.1) is 22.4 Å². The molecule has 6 fully saturated rings. The zero-order chi connectivity index (χ0) is 23.1. The van der Waals surface area contributed by atoms with Gasteiger partial charge in [0.1, 0.15) is 6.04 Å². The van der Waals surface area contributed by atoms with Crippen molar-refractivity contribution < 1.29 is 22.8 Å². The van der Waals surface area contributed by atoms with Crippen LogP contribution in [0.5, 0.6) is 0 Å². The summed E-state index contributed by atoms with van der Waals surface area (Å²) < 4.78 is 23.1. The van der Waals surface area contributed by atoms with E-state index in [1.54, 1.807) is 4.90 Å². The molecule has 8 nitrogen and oxygen atoms in total. The zero-order valence-corrected chi connectivity index (χ0v) is 19.3. The molecule has 1 heterocycles. The summed E-state index contributed by atoms with van der Waals surface area (Å²) in [7, 11) is -3.87. The number of primary sulfonamides is 1. The van der Waals surface area contributed by atoms with Gasteiger partial charge in [-0.05, 0) is 93.4 Å². The molecule has 5 aliphatic carbocycles. The van der Waals surface area contributed by atoms with Crippen LogP contribution in [-0.4, -0.2) is 43.1 Å². The lowest BCUT2D eigenvalue weighted by Gasteiger charge is -2.57. The van der Waals surface area contributed by atoms with Crippen LogP contribution < -0.4 is 10.0 Å². The molecular weight excluding hydrogens is 442 g/mol. The van der Waals surface area contributed by atoms with E-state index in [4.69, 9.17) is 5.14 Å². The molecule has 1 atom stereocenters. The highest BCUT2D eigenvalue weighted by molar-refractivity contribution is 7.89. The van der Waals surface area contributed by atoms with Gasteiger partial charge in [0.25, 0.3) is 5.91 Å². The first kappa shape index (κ1) is 21.3. The number of hydrogen-bond donors (Lipinski definition) is 1. The number of nitrogens with two attached hydrogens (primary N) is 1. The topological polar surface area (TPSA) is 118 Å². The van der Waals surface area contributed by atoms with E-state index in [2.05, 4.69) is 0 Å². The third kappa shape index (κ3) is 3.43. The molecule has 4 bridgehead atoms. The predicted octanol–water partition coefficient (Wildman–Crippen LogP) is 2.17. The molecule has 1 aromatic rings. The monoisotopic (exact) mass is 471 g/mol. The Bertz CT molecular complexity index is 1110. The number of hydrogen-bond acceptors (Lipinski definition) is 5. The maximum Gasteiger partial charge on any atom is 0.257 e. The zero-order valence-electron chi connectivity index (χ0n) is 18.5. The SMILES string of the molecule is NS(=O)(=O)c1ccc(N2C(=O)CC(N(C(=O)C34CC5CC(CC(C5)C3)C4)C3CC3)C2=O)cc1. The standard InChI is InChI=1S/C24H29N3O5S/c25-33(31,32)19-5-3-18(4-6-19)27-21(28)10-20(22(27)29)26(17-1-2-17)23(30)24-11-14-7-15(12-24)9-16(8-14)13-24/h3-6,14-17,20H,1-2,7-13H2,(H2,25,31,32). The van der Waals surface area contributed by atoms with Crippen LogP contribution in [0, 0.1) is 23.2 Å². The number of amides is 3. The van der Waals surface area contributed by atoms with Crippen molar-refractivity contribution in [3.63, 3.8) is 0 Å². The van der Waals surface area contributed by atoms with Gasteiger partial charge in [0.15, 0.2) is 0 Å². The minimum Gasteiger partial charge on any atom is -0.327 e. The molecule has 0 aromatic heterocycles. The highest BCUT2D eigenvalue weighted by Crippen LogP contribution is 2.61. The summed E-state index contributed by atoms with van der Waals surface area (Å²) in [5.74, 6) is 1.20. The van der Waals surface area contributed by atoms with E-state index in [-0.39, 0.29) is 34.6 Å². The first-order valence-corrected chi connectivity index (χ1v) is 13.5. The summed E-state index contributed by atoms with van der Waals surface area (Å²) in [5, 5.41) is 5.15. The lowest BCUT2D eigenvalue weighted by atomic mass is 9.49. The second kappa shape index (κ2) is 7.12. The normalized spacial score (nSPS) is 35.4. The Labute approximate surface area is 193 Å². The summed E-state index contributed by atoms with van der Waals surface area (Å²) in [4.78, 5) is 43.3. The molecule has 0 spiro atoms. The average Bonchev–Trinajstić information content (AvgIpc) is 3.52. The molecular formula is C24H29N3O5S. The summed E-state index contributed by atoms with van der Waals surface area (Å²) in [6.07, 6.45) is 8.21. The number of sulfonamides is 1. The Hall–Kier alpha value is -2.26. The van der Waals surface area contributed by atoms with E-state index in [9.17, 15) is 22.8 Å². The number of rotatable bonds is 5. The summed E-state index contributed by atoms with van der Waals surface area (Å²) in [5.41, 5.74) is -0.0523. The highest BCUT2D eigenvalue weighted by Gasteiger charge is 2.59. The fourth-order valence-electron chi connectivity index (χ4n) is 7.45. The third-order valence-corrected chi connectivity index (χ3v) is 9.48. The van der Waals surface area contributed by atoms with Gasteiger partial charge in [-0.15, -0.1) is 0 Å². The van der Waals surface area contributed by atoms with Crippen molar-refractivity contribution in [1.29, 1.82) is 0 Å². The number of benzene rings is 1. The Morgan fingerprint density at radius 2 is 1.52 bits per heavy atom. The van der Waals surface area contributed by atoms with Crippen LogP contribution in [-0.2, 0) is 24.4 Å². The van der Waals surface area contributed by atoms with Gasteiger partial charge >= 0.3 is 0 Å². The second-order valence-electron chi connectivity index (χ2n) is 11.0. The fraction of sp³-hybridized carbons (Fsp3) is 0.625. The van der Waals surface area contributed by atoms with Crippen molar-refractivity contribution in [3.8, 4) is 0 Å². The van der Waals surface area contributed by atoms with Crippen LogP contribution in [0.4, 0.5) is 5.69 Å². The van der Waals surface area contributed by atoms with Crippen LogP contribution in [0.1, 0.15) is 57.8 Å². The van der Waals surface area contributed by atoms with Crippen molar-refractivity contribution in [2.45, 2.75) is 74.8 Å². The average molecular weight is 472 g/mol. The molecule has 33 heavy (non-hydrogen) atoms. The lowest BCUT2D eigenvalue weighted by Crippen LogP contribution is -2.58. The molecule has 1 unspecified atom stereocenters. The molecule has 3 amide bonds. The minimum absolute atomic E-state index is 0.0234. The largest absolute Gasteiger partial charge is 0.327 e. The summed E-state index contributed by atoms with van der Waals surface area (Å²) >= 11 is 0. The number of imide groups is 1. The molecule has 176 valence electrons. The van der Waals surface area contributed by atoms with E-state index in [0.29, 0.717) is 23.4 Å². The first-order chi connectivity index (χ1) is 15.6. The fourth-order valence-corrected chi connectivity index (χ4v) is 7.97. The van der Waals surface area contributed by atoms with Gasteiger partial charge in [0, 0.05) is 6.04 Å². The number of nitrogens with zero attached hydrogens (tertiary/aromatic N) is 2. The second-order valence-corrected chi connectivity index (χ2v) is 12.5. The molecule has 7 rings (SSSR count). The predicted molar refractivity (Wildman–Crippen MR) is 119 cm³/mol. The number of anilines is 1. The van der Waals surface area contributed by atoms with Crippen LogP contribution in [0.2, 0.25) is 0 Å². The van der Waals surface area contributed by atoms with Crippen LogP contribution >= 0.6 is 0 Å². The molecule has 1 aromatic carbocycles. The Morgan fingerprint density at radius 3 is 2.00 bits per heavy atom. The van der Waals surface area contributed by atoms with Crippen molar-refractivity contribution >= 4 is 33.4 Å². The van der Waals surface area contributed by atoms with Gasteiger partial charge in [-0.25, -0.2) is 18.5 Å². The van der Waals surface area contributed by atoms with E-state index in [1.807, 2.05) is 0 Å². The van der Waals surface area contributed by atoms with Crippen LogP contribution in [0.15, 0.2) is 29.2 Å². The molecule has 2 N–H and O–H groups in total. The molecule has 0 radical (unpaired) electrons. The van der Waals surface area contributed by atoms with Crippen LogP contribution in [0.3, 0.4) is 0 Å². The molecule has 5 saturated carbocycles. The van der Waals surface area contributed by atoms with E-state index < -0.39 is 22.0 Å². The Kier molecular flexibility index (Phi) is 4.59. The molecule has 1 saturated heterocycles. The van der Waals surface area contributed by atoms with Gasteiger partial charge in [-0.3, -0.25) is 14.4 Å². The molecule has 1 aliphatic heterocycles. The van der Waals surface area contributed by atoms with E-state index in [1.165, 1.54) is 43.5 Å². The Balaban J connectivity index is 1.28. The maximum atomic E-state index is 14.1. The summed E-state index contributed by atoms with van der Waals surface area (Å²) in [6.45, 7) is 0. The highest BCUT2D eigenvalue weighted by atomic mass is 32.2. The minimum atomic E-state index is -3.87. The quantitative estimate of drug-likeness (QED) is 0.661. The number of carbonyl (C=O) groups excluding carboxylic acids is 3. The lowest BCUT2D eigenvalue weighted by molar-refractivity contribution is -0.162. The summed E-state index contributed by atoms with van der Waals surface area (Å²) in [6, 6.07) is 4.68. The molecule has 9 heteroatoms. The Morgan fingerprint density at radius 1 is 0.970 bits per heavy atom. The van der Waals surface area contributed by atoms with Crippen LogP contribution in [0.25, 0.3) is 0 Å². The smallest absolute Gasteiger partial charge is 0.257 e. The third-order valence-electron chi connectivity index (χ3n) is 8.55. The van der Waals surface area contributed by atoms with E-state index >= 15 is 0 Å². The van der Waals surface area contributed by atoms with Gasteiger partial charge in [-0.2, -0.15) is 0 Å². The maximum absolute atomic E-state index is 14.1. The van der Waals surface area contributed by atoms with E-state index in [0.717, 1.165) is 37.0 Å². The van der Waals surface area contributed by atoms with Crippen molar-refractivity contribution in [2.24, 2.45) is 28.3 Å². The molecule has 6 aliphatic rings. The first-order valence-electron chi connectivity index (χ1n) is 12.0. The van der Waals surface area contributed by atoms with Gasteiger partial charge in [-0.1, -0.05) is 0 Å². The van der Waals surface area contributed by atoms with Crippen molar-refractivity contribution in [3.05, 3.63) is 24.3 Å². The van der Waals surface area contributed by atoms with Crippen molar-refractivity contribution in [2.75, 3.05) is 4.90 Å².